The van der Waals surface area contributed by atoms with Gasteiger partial charge in [-0.25, -0.2) is 8.78 Å². The normalized spacial score (nSPS) is 17.3. The zero-order chi connectivity index (χ0) is 25.8. The first-order chi connectivity index (χ1) is 16.4. The number of halogens is 6. The number of benzene rings is 1. The van der Waals surface area contributed by atoms with Crippen molar-refractivity contribution in [1.82, 2.24) is 10.3 Å². The smallest absolute Gasteiger partial charge is 0.381 e. The van der Waals surface area contributed by atoms with Gasteiger partial charge in [-0.3, -0.25) is 19.5 Å². The summed E-state index contributed by atoms with van der Waals surface area (Å²) < 4.78 is 71.8. The number of aromatic nitrogens is 1. The molecular weight excluding hydrogens is 517 g/mol. The van der Waals surface area contributed by atoms with Gasteiger partial charge in [-0.2, -0.15) is 13.2 Å². The van der Waals surface area contributed by atoms with Crippen LogP contribution in [0, 0.1) is 5.82 Å². The number of pyridine rings is 1. The molecule has 0 radical (unpaired) electrons. The Labute approximate surface area is 207 Å². The van der Waals surface area contributed by atoms with E-state index in [-0.39, 0.29) is 34.0 Å². The van der Waals surface area contributed by atoms with Crippen LogP contribution in [-0.4, -0.2) is 47.2 Å². The SMILES string of the molecule is C[C@@](C(=O)NC1CCOCC1)(c1cncc(F)c1)N(C(=O)[C@H](F)Cl)c1ccc(SC(F)(F)F)cc1. The first-order valence-corrected chi connectivity index (χ1v) is 11.6. The predicted molar refractivity (Wildman–Crippen MR) is 120 cm³/mol. The first kappa shape index (κ1) is 27.2. The third kappa shape index (κ3) is 6.62. The Balaban J connectivity index is 2.11. The van der Waals surface area contributed by atoms with Crippen LogP contribution in [0.2, 0.25) is 0 Å². The molecule has 1 aromatic carbocycles. The standard InChI is InChI=1S/C22H21ClF5N3O3S/c1-21(13-10-14(24)12-29-11-13,20(33)30-15-6-8-34-9-7-15)31(19(32)18(23)25)16-2-4-17(5-3-16)35-22(26,27)28/h2-5,10-12,15,18H,6-9H2,1H3,(H,30,33)/t18-,21-/m0/s1. The molecule has 0 bridgehead atoms. The molecule has 1 aliphatic heterocycles. The Kier molecular flexibility index (Phi) is 8.60. The van der Waals surface area contributed by atoms with Crippen LogP contribution >= 0.6 is 23.4 Å². The fourth-order valence-corrected chi connectivity index (χ4v) is 4.34. The second kappa shape index (κ2) is 11.1. The molecule has 0 unspecified atom stereocenters. The van der Waals surface area contributed by atoms with Crippen LogP contribution in [0.4, 0.5) is 27.6 Å². The van der Waals surface area contributed by atoms with E-state index < -0.39 is 34.3 Å². The Bertz CT molecular complexity index is 1050. The fourth-order valence-electron chi connectivity index (χ4n) is 3.71. The van der Waals surface area contributed by atoms with Crippen molar-refractivity contribution < 1.29 is 36.3 Å². The number of nitrogens with one attached hydrogen (secondary N) is 1. The summed E-state index contributed by atoms with van der Waals surface area (Å²) in [5.41, 5.74) is -9.44. The van der Waals surface area contributed by atoms with Crippen LogP contribution in [0.5, 0.6) is 0 Å². The first-order valence-electron chi connectivity index (χ1n) is 10.4. The van der Waals surface area contributed by atoms with Gasteiger partial charge in [0.1, 0.15) is 5.82 Å². The molecule has 0 spiro atoms. The number of carbonyl (C=O) groups excluding carboxylic acids is 2. The summed E-state index contributed by atoms with van der Waals surface area (Å²) in [6.07, 6.45) is 2.97. The minimum Gasteiger partial charge on any atom is -0.381 e. The molecule has 1 saturated heterocycles. The van der Waals surface area contributed by atoms with Gasteiger partial charge in [0.15, 0.2) is 5.54 Å². The van der Waals surface area contributed by atoms with Crippen molar-refractivity contribution in [3.8, 4) is 0 Å². The lowest BCUT2D eigenvalue weighted by atomic mass is 9.88. The highest BCUT2D eigenvalue weighted by Gasteiger charge is 2.47. The molecule has 1 fully saturated rings. The highest BCUT2D eigenvalue weighted by molar-refractivity contribution is 8.00. The molecule has 1 N–H and O–H groups in total. The maximum Gasteiger partial charge on any atom is 0.446 e. The monoisotopic (exact) mass is 537 g/mol. The van der Waals surface area contributed by atoms with Crippen molar-refractivity contribution in [2.24, 2.45) is 0 Å². The van der Waals surface area contributed by atoms with Crippen molar-refractivity contribution in [1.29, 1.82) is 0 Å². The molecule has 13 heteroatoms. The summed E-state index contributed by atoms with van der Waals surface area (Å²) in [6.45, 7) is 2.03. The lowest BCUT2D eigenvalue weighted by Gasteiger charge is -2.41. The van der Waals surface area contributed by atoms with E-state index in [0.29, 0.717) is 31.0 Å². The number of anilines is 1. The largest absolute Gasteiger partial charge is 0.446 e. The number of amides is 2. The number of thioether (sulfide) groups is 1. The highest BCUT2D eigenvalue weighted by Crippen LogP contribution is 2.40. The van der Waals surface area contributed by atoms with E-state index in [4.69, 9.17) is 16.3 Å². The van der Waals surface area contributed by atoms with E-state index in [0.717, 1.165) is 42.7 Å². The predicted octanol–water partition coefficient (Wildman–Crippen LogP) is 4.91. The van der Waals surface area contributed by atoms with Gasteiger partial charge in [0.25, 0.3) is 17.4 Å². The third-order valence-corrected chi connectivity index (χ3v) is 6.37. The van der Waals surface area contributed by atoms with Crippen LogP contribution in [-0.2, 0) is 19.9 Å². The fraction of sp³-hybridized carbons (Fsp3) is 0.409. The van der Waals surface area contributed by atoms with Gasteiger partial charge >= 0.3 is 5.51 Å². The van der Waals surface area contributed by atoms with Gasteiger partial charge in [0, 0.05) is 41.6 Å². The lowest BCUT2D eigenvalue weighted by molar-refractivity contribution is -0.132. The van der Waals surface area contributed by atoms with Crippen molar-refractivity contribution in [2.45, 2.75) is 47.4 Å². The molecule has 1 aromatic heterocycles. The van der Waals surface area contributed by atoms with Gasteiger partial charge in [-0.1, -0.05) is 11.6 Å². The average molecular weight is 538 g/mol. The summed E-state index contributed by atoms with van der Waals surface area (Å²) in [7, 11) is 0. The molecule has 2 aromatic rings. The van der Waals surface area contributed by atoms with E-state index in [9.17, 15) is 31.5 Å². The van der Waals surface area contributed by atoms with Crippen LogP contribution < -0.4 is 10.2 Å². The number of rotatable bonds is 7. The number of nitrogens with zero attached hydrogens (tertiary/aromatic N) is 2. The summed E-state index contributed by atoms with van der Waals surface area (Å²) >= 11 is 5.08. The second-order valence-corrected chi connectivity index (χ2v) is 9.36. The number of hydrogen-bond donors (Lipinski definition) is 1. The van der Waals surface area contributed by atoms with Gasteiger partial charge < -0.3 is 10.1 Å². The topological polar surface area (TPSA) is 71.5 Å². The van der Waals surface area contributed by atoms with Crippen LogP contribution in [0.15, 0.2) is 47.6 Å². The van der Waals surface area contributed by atoms with Crippen molar-refractivity contribution in [3.05, 3.63) is 54.1 Å². The lowest BCUT2D eigenvalue weighted by Crippen LogP contribution is -2.60. The molecule has 0 aliphatic carbocycles. The molecule has 1 aliphatic rings. The summed E-state index contributed by atoms with van der Waals surface area (Å²) in [6, 6.07) is 5.00. The quantitative estimate of drug-likeness (QED) is 0.309. The van der Waals surface area contributed by atoms with Gasteiger partial charge in [0.2, 0.25) is 0 Å². The Hall–Kier alpha value is -2.44. The van der Waals surface area contributed by atoms with E-state index in [1.54, 1.807) is 0 Å². The maximum atomic E-state index is 14.2. The second-order valence-electron chi connectivity index (χ2n) is 7.84. The molecule has 190 valence electrons. The van der Waals surface area contributed by atoms with Crippen molar-refractivity contribution in [2.75, 3.05) is 18.1 Å². The minimum absolute atomic E-state index is 0.0959. The molecule has 2 heterocycles. The Morgan fingerprint density at radius 2 is 1.83 bits per heavy atom. The minimum atomic E-state index is -4.55. The van der Waals surface area contributed by atoms with Crippen LogP contribution in [0.1, 0.15) is 25.3 Å². The molecule has 35 heavy (non-hydrogen) atoms. The molecular formula is C22H21ClF5N3O3S. The van der Waals surface area contributed by atoms with Gasteiger partial charge in [0.05, 0.1) is 6.20 Å². The highest BCUT2D eigenvalue weighted by atomic mass is 35.5. The summed E-state index contributed by atoms with van der Waals surface area (Å²) in [5, 5.41) is 2.78. The van der Waals surface area contributed by atoms with E-state index in [2.05, 4.69) is 10.3 Å². The average Bonchev–Trinajstić information content (AvgIpc) is 2.79. The van der Waals surface area contributed by atoms with Crippen LogP contribution in [0.25, 0.3) is 0 Å². The third-order valence-electron chi connectivity index (χ3n) is 5.45. The molecule has 3 rings (SSSR count). The molecule has 6 nitrogen and oxygen atoms in total. The molecule has 2 amide bonds. The Morgan fingerprint density at radius 1 is 1.20 bits per heavy atom. The zero-order valence-electron chi connectivity index (χ0n) is 18.3. The summed E-state index contributed by atoms with van der Waals surface area (Å²) in [5.74, 6) is -2.97. The van der Waals surface area contributed by atoms with E-state index >= 15 is 0 Å². The number of carbonyl (C=O) groups is 2. The summed E-state index contributed by atoms with van der Waals surface area (Å²) in [4.78, 5) is 30.9. The zero-order valence-corrected chi connectivity index (χ0v) is 19.9. The van der Waals surface area contributed by atoms with Crippen molar-refractivity contribution >= 4 is 40.9 Å². The van der Waals surface area contributed by atoms with Gasteiger partial charge in [-0.05, 0) is 61.9 Å². The van der Waals surface area contributed by atoms with Crippen LogP contribution in [0.3, 0.4) is 0 Å². The number of hydrogen-bond acceptors (Lipinski definition) is 5. The van der Waals surface area contributed by atoms with E-state index in [1.807, 2.05) is 0 Å². The van der Waals surface area contributed by atoms with Gasteiger partial charge in [-0.15, -0.1) is 0 Å². The van der Waals surface area contributed by atoms with E-state index in [1.165, 1.54) is 6.92 Å². The molecule has 2 atom stereocenters. The maximum absolute atomic E-state index is 14.2. The van der Waals surface area contributed by atoms with Crippen molar-refractivity contribution in [3.63, 3.8) is 0 Å². The Morgan fingerprint density at radius 3 is 2.37 bits per heavy atom. The number of alkyl halides is 5. The number of ether oxygens (including phenoxy) is 1. The molecule has 0 saturated carbocycles.